The quantitative estimate of drug-likeness (QED) is 0.396. The Bertz CT molecular complexity index is 518. The number of aromatic nitrogens is 1. The Morgan fingerprint density at radius 2 is 1.73 bits per heavy atom. The average Bonchev–Trinajstić information content (AvgIpc) is 2.14. The van der Waals surface area contributed by atoms with E-state index in [9.17, 15) is 13.2 Å². The monoisotopic (exact) mass is 232 g/mol. The van der Waals surface area contributed by atoms with Crippen LogP contribution in [-0.4, -0.2) is 12.8 Å². The second kappa shape index (κ2) is 4.97. The first kappa shape index (κ1) is 13.2. The fraction of sp³-hybridized carbons (Fsp3) is 0. The topological polar surface area (TPSA) is 12.9 Å². The molecule has 1 heterocycles. The molecular formula is C9H3BF3KN. The maximum Gasteiger partial charge on any atom is 1.00 e. The van der Waals surface area contributed by atoms with Crippen molar-refractivity contribution in [2.45, 2.75) is 0 Å². The Kier molecular flexibility index (Phi) is 4.37. The molecule has 0 aliphatic rings. The zero-order valence-corrected chi connectivity index (χ0v) is 11.0. The molecule has 2 rings (SSSR count). The van der Waals surface area contributed by atoms with Crippen molar-refractivity contribution in [1.82, 2.24) is 4.98 Å². The van der Waals surface area contributed by atoms with Gasteiger partial charge in [-0.1, -0.05) is 12.1 Å². The predicted molar refractivity (Wildman–Crippen MR) is 47.0 cm³/mol. The summed E-state index contributed by atoms with van der Waals surface area (Å²) in [4.78, 5) is 3.24. The minimum atomic E-state index is -1.57. The standard InChI is InChI=1S/C9H3BF3N.K/c10-4-1-2-5-6(3-4)14-9(13)8(12)7(5)11;/h1-3H;/q-1;+1. The molecular weight excluding hydrogens is 229 g/mol. The van der Waals surface area contributed by atoms with Crippen LogP contribution in [0, 0.1) is 17.6 Å². The van der Waals surface area contributed by atoms with E-state index in [1.807, 2.05) is 0 Å². The molecule has 0 N–H and O–H groups in total. The molecule has 6 heteroatoms. The van der Waals surface area contributed by atoms with Gasteiger partial charge in [0.1, 0.15) is 0 Å². The number of hydrogen-bond acceptors (Lipinski definition) is 1. The summed E-state index contributed by atoms with van der Waals surface area (Å²) >= 11 is 0. The van der Waals surface area contributed by atoms with E-state index < -0.39 is 17.6 Å². The van der Waals surface area contributed by atoms with E-state index in [0.29, 0.717) is 5.46 Å². The molecule has 0 aliphatic heterocycles. The minimum Gasteiger partial charge on any atom is -0.580 e. The number of hydrogen-bond donors (Lipinski definition) is 0. The fourth-order valence-electron chi connectivity index (χ4n) is 1.19. The van der Waals surface area contributed by atoms with Crippen LogP contribution in [0.1, 0.15) is 0 Å². The van der Waals surface area contributed by atoms with E-state index in [4.69, 9.17) is 7.85 Å². The van der Waals surface area contributed by atoms with Crippen LogP contribution in [0.25, 0.3) is 10.9 Å². The molecule has 0 amide bonds. The fourth-order valence-corrected chi connectivity index (χ4v) is 1.19. The van der Waals surface area contributed by atoms with Crippen LogP contribution in [0.4, 0.5) is 13.2 Å². The third kappa shape index (κ3) is 2.45. The summed E-state index contributed by atoms with van der Waals surface area (Å²) in [5.74, 6) is -4.27. The van der Waals surface area contributed by atoms with Crippen LogP contribution in [0.2, 0.25) is 0 Å². The number of rotatable bonds is 0. The van der Waals surface area contributed by atoms with Crippen molar-refractivity contribution in [2.75, 3.05) is 0 Å². The number of nitrogens with zero attached hydrogens (tertiary/aromatic N) is 1. The molecule has 3 radical (unpaired) electrons. The Labute approximate surface area is 128 Å². The van der Waals surface area contributed by atoms with Gasteiger partial charge in [-0.25, -0.2) is 9.37 Å². The van der Waals surface area contributed by atoms with Crippen molar-refractivity contribution in [1.29, 1.82) is 0 Å². The van der Waals surface area contributed by atoms with Crippen molar-refractivity contribution >= 4 is 24.2 Å². The van der Waals surface area contributed by atoms with E-state index in [2.05, 4.69) is 4.98 Å². The molecule has 0 saturated heterocycles. The van der Waals surface area contributed by atoms with Gasteiger partial charge in [0.15, 0.2) is 5.82 Å². The molecule has 69 valence electrons. The third-order valence-electron chi connectivity index (χ3n) is 1.85. The summed E-state index contributed by atoms with van der Waals surface area (Å²) in [5.41, 5.74) is 0.316. The van der Waals surface area contributed by atoms with Gasteiger partial charge in [0.25, 0.3) is 5.95 Å². The Morgan fingerprint density at radius 1 is 1.07 bits per heavy atom. The maximum absolute atomic E-state index is 13.1. The van der Waals surface area contributed by atoms with Crippen LogP contribution < -0.4 is 56.8 Å². The zero-order valence-electron chi connectivity index (χ0n) is 7.89. The normalized spacial score (nSPS) is 10.1. The molecule has 0 aliphatic carbocycles. The van der Waals surface area contributed by atoms with Gasteiger partial charge in [-0.15, -0.1) is 6.07 Å². The smallest absolute Gasteiger partial charge is 0.580 e. The second-order valence-corrected chi connectivity index (χ2v) is 2.81. The number of fused-ring (bicyclic) bond motifs is 1. The molecule has 1 aromatic heterocycles. The Hall–Kier alpha value is 0.121. The van der Waals surface area contributed by atoms with Gasteiger partial charge in [0.05, 0.1) is 5.52 Å². The summed E-state index contributed by atoms with van der Waals surface area (Å²) in [6, 6.07) is 3.93. The van der Waals surface area contributed by atoms with Crippen LogP contribution in [0.5, 0.6) is 0 Å². The van der Waals surface area contributed by atoms with Crippen molar-refractivity contribution in [3.63, 3.8) is 0 Å². The molecule has 2 aromatic rings. The Morgan fingerprint density at radius 3 is 2.40 bits per heavy atom. The van der Waals surface area contributed by atoms with Crippen LogP contribution >= 0.6 is 0 Å². The first-order valence-electron chi connectivity index (χ1n) is 3.79. The largest absolute Gasteiger partial charge is 1.00 e. The number of pyridine rings is 1. The summed E-state index contributed by atoms with van der Waals surface area (Å²) < 4.78 is 38.5. The summed E-state index contributed by atoms with van der Waals surface area (Å²) in [6.45, 7) is 0. The van der Waals surface area contributed by atoms with Crippen molar-refractivity contribution < 1.29 is 64.6 Å². The van der Waals surface area contributed by atoms with E-state index in [1.54, 1.807) is 0 Å². The Balaban J connectivity index is 0.00000112. The first-order chi connectivity index (χ1) is 6.59. The summed E-state index contributed by atoms with van der Waals surface area (Å²) in [6.07, 6.45) is 0. The third-order valence-corrected chi connectivity index (χ3v) is 1.85. The molecule has 1 nitrogen and oxygen atoms in total. The average molecular weight is 232 g/mol. The summed E-state index contributed by atoms with van der Waals surface area (Å²) in [5, 5.41) is -0.0851. The van der Waals surface area contributed by atoms with Crippen LogP contribution in [-0.2, 0) is 0 Å². The molecule has 0 fully saturated rings. The first-order valence-corrected chi connectivity index (χ1v) is 3.79. The van der Waals surface area contributed by atoms with E-state index in [1.165, 1.54) is 18.2 Å². The van der Waals surface area contributed by atoms with Gasteiger partial charge in [-0.3, -0.25) is 0 Å². The predicted octanol–water partition coefficient (Wildman–Crippen LogP) is -1.55. The SMILES string of the molecule is [B-]c1ccc2c(F)c(F)c(F)nc2c1.[K+]. The molecule has 0 spiro atoms. The van der Waals surface area contributed by atoms with Gasteiger partial charge < -0.3 is 13.3 Å². The van der Waals surface area contributed by atoms with Crippen LogP contribution in [0.3, 0.4) is 0 Å². The molecule has 0 saturated carbocycles. The van der Waals surface area contributed by atoms with Gasteiger partial charge >= 0.3 is 51.4 Å². The zero-order chi connectivity index (χ0) is 10.3. The molecule has 1 aromatic carbocycles. The minimum absolute atomic E-state index is 0. The van der Waals surface area contributed by atoms with E-state index >= 15 is 0 Å². The number of benzene rings is 1. The van der Waals surface area contributed by atoms with E-state index in [0.717, 1.165) is 0 Å². The molecule has 0 bridgehead atoms. The van der Waals surface area contributed by atoms with Gasteiger partial charge in [-0.2, -0.15) is 8.78 Å². The van der Waals surface area contributed by atoms with Crippen molar-refractivity contribution in [3.8, 4) is 0 Å². The van der Waals surface area contributed by atoms with Crippen molar-refractivity contribution in [2.24, 2.45) is 0 Å². The molecule has 0 atom stereocenters. The summed E-state index contributed by atoms with van der Waals surface area (Å²) in [7, 11) is 5.38. The van der Waals surface area contributed by atoms with Crippen molar-refractivity contribution in [3.05, 3.63) is 35.8 Å². The number of halogens is 3. The molecule has 0 unspecified atom stereocenters. The molecule has 15 heavy (non-hydrogen) atoms. The van der Waals surface area contributed by atoms with Gasteiger partial charge in [0, 0.05) is 5.39 Å². The van der Waals surface area contributed by atoms with E-state index in [-0.39, 0.29) is 62.3 Å². The van der Waals surface area contributed by atoms with Gasteiger partial charge in [-0.05, 0) is 0 Å². The second-order valence-electron chi connectivity index (χ2n) is 2.81. The van der Waals surface area contributed by atoms with Gasteiger partial charge in [0.2, 0.25) is 5.82 Å². The van der Waals surface area contributed by atoms with Crippen LogP contribution in [0.15, 0.2) is 18.2 Å². The maximum atomic E-state index is 13.1.